The molecule has 0 aromatic carbocycles. The minimum atomic E-state index is -5.84. The molecule has 0 saturated heterocycles. The van der Waals surface area contributed by atoms with Crippen molar-refractivity contribution in [2.45, 2.75) is 103 Å². The van der Waals surface area contributed by atoms with Gasteiger partial charge in [-0.15, -0.1) is 0 Å². The van der Waals surface area contributed by atoms with Crippen LogP contribution in [-0.2, 0) is 10.1 Å². The van der Waals surface area contributed by atoms with Crippen molar-refractivity contribution in [3.8, 4) is 0 Å². The summed E-state index contributed by atoms with van der Waals surface area (Å²) in [4.78, 5) is 0. The van der Waals surface area contributed by atoms with Gasteiger partial charge in [0.15, 0.2) is 0 Å². The van der Waals surface area contributed by atoms with Crippen molar-refractivity contribution in [1.82, 2.24) is 0 Å². The molecule has 0 heterocycles. The number of hydrogen-bond donors (Lipinski definition) is 2. The number of halogens is 3. The average Bonchev–Trinajstić information content (AvgIpc) is 2.51. The summed E-state index contributed by atoms with van der Waals surface area (Å²) in [5.41, 5.74) is 0.0235. The molecule has 0 amide bonds. The van der Waals surface area contributed by atoms with Crippen molar-refractivity contribution in [2.24, 2.45) is 11.7 Å². The Kier molecular flexibility index (Phi) is 18.0. The van der Waals surface area contributed by atoms with Gasteiger partial charge in [-0.3, -0.25) is 4.55 Å². The lowest BCUT2D eigenvalue weighted by Crippen LogP contribution is -2.21. The monoisotopic (exact) mass is 405 g/mol. The average molecular weight is 406 g/mol. The molecule has 0 fully saturated rings. The van der Waals surface area contributed by atoms with Crippen molar-refractivity contribution < 1.29 is 26.1 Å². The van der Waals surface area contributed by atoms with E-state index in [9.17, 15) is 13.2 Å². The van der Waals surface area contributed by atoms with E-state index < -0.39 is 15.6 Å². The Morgan fingerprint density at radius 3 is 1.50 bits per heavy atom. The van der Waals surface area contributed by atoms with Gasteiger partial charge < -0.3 is 5.73 Å². The zero-order valence-corrected chi connectivity index (χ0v) is 17.2. The third-order valence-corrected chi connectivity index (χ3v) is 4.84. The van der Waals surface area contributed by atoms with E-state index >= 15 is 0 Å². The Morgan fingerprint density at radius 2 is 1.19 bits per heavy atom. The van der Waals surface area contributed by atoms with Crippen LogP contribution >= 0.6 is 0 Å². The third-order valence-electron chi connectivity index (χ3n) is 4.25. The van der Waals surface area contributed by atoms with Crippen LogP contribution in [0.4, 0.5) is 13.2 Å². The van der Waals surface area contributed by atoms with Gasteiger partial charge in [0, 0.05) is 0 Å². The van der Waals surface area contributed by atoms with Crippen LogP contribution < -0.4 is 5.73 Å². The molecule has 0 bridgehead atoms. The van der Waals surface area contributed by atoms with Crippen LogP contribution in [-0.4, -0.2) is 25.0 Å². The summed E-state index contributed by atoms with van der Waals surface area (Å²) in [6.07, 6.45) is 18.5. The minimum absolute atomic E-state index is 0.841. The number of hydrogen-bond acceptors (Lipinski definition) is 3. The second kappa shape index (κ2) is 16.8. The second-order valence-corrected chi connectivity index (χ2v) is 8.34. The van der Waals surface area contributed by atoms with Crippen molar-refractivity contribution in [1.29, 1.82) is 0 Å². The molecule has 1 unspecified atom stereocenters. The molecule has 0 aromatic heterocycles. The fourth-order valence-corrected chi connectivity index (χ4v) is 2.59. The van der Waals surface area contributed by atoms with Gasteiger partial charge in [0.05, 0.1) is 0 Å². The molecule has 26 heavy (non-hydrogen) atoms. The van der Waals surface area contributed by atoms with Gasteiger partial charge in [-0.05, 0) is 18.9 Å². The largest absolute Gasteiger partial charge is 0.522 e. The summed E-state index contributed by atoms with van der Waals surface area (Å²) < 4.78 is 57.5. The van der Waals surface area contributed by atoms with Gasteiger partial charge in [0.2, 0.25) is 0 Å². The maximum atomic E-state index is 10.7. The third kappa shape index (κ3) is 20.0. The molecule has 8 heteroatoms. The lowest BCUT2D eigenvalue weighted by molar-refractivity contribution is -0.0510. The fraction of sp³-hybridized carbons (Fsp3) is 1.00. The van der Waals surface area contributed by atoms with Crippen molar-refractivity contribution in [3.05, 3.63) is 0 Å². The second-order valence-electron chi connectivity index (χ2n) is 6.93. The molecular weight excluding hydrogens is 367 g/mol. The topological polar surface area (TPSA) is 80.4 Å². The van der Waals surface area contributed by atoms with Crippen LogP contribution in [0.25, 0.3) is 0 Å². The summed E-state index contributed by atoms with van der Waals surface area (Å²) in [6.45, 7) is 5.48. The maximum Gasteiger partial charge on any atom is 0.522 e. The summed E-state index contributed by atoms with van der Waals surface area (Å²) in [5.74, 6) is 0.841. The lowest BCUT2D eigenvalue weighted by Gasteiger charge is -2.09. The predicted molar refractivity (Wildman–Crippen MR) is 102 cm³/mol. The van der Waals surface area contributed by atoms with Gasteiger partial charge in [-0.25, -0.2) is 0 Å². The van der Waals surface area contributed by atoms with Crippen molar-refractivity contribution >= 4 is 10.1 Å². The molecule has 0 aliphatic rings. The molecule has 0 aromatic rings. The predicted octanol–water partition coefficient (Wildman–Crippen LogP) is 6.07. The van der Waals surface area contributed by atoms with E-state index in [1.165, 1.54) is 83.5 Å². The number of unbranched alkanes of at least 4 members (excludes halogenated alkanes) is 10. The minimum Gasteiger partial charge on any atom is -0.330 e. The van der Waals surface area contributed by atoms with Gasteiger partial charge >= 0.3 is 15.6 Å². The van der Waals surface area contributed by atoms with Crippen LogP contribution in [0.2, 0.25) is 0 Å². The van der Waals surface area contributed by atoms with Crippen LogP contribution in [0.1, 0.15) is 97.3 Å². The maximum absolute atomic E-state index is 10.7. The van der Waals surface area contributed by atoms with Gasteiger partial charge in [0.1, 0.15) is 0 Å². The summed E-state index contributed by atoms with van der Waals surface area (Å²) in [6, 6.07) is 0. The Labute approximate surface area is 157 Å². The molecule has 160 valence electrons. The number of nitrogens with two attached hydrogens (primary N) is 1. The first-order valence-corrected chi connectivity index (χ1v) is 11.2. The van der Waals surface area contributed by atoms with E-state index in [-0.39, 0.29) is 0 Å². The first-order chi connectivity index (χ1) is 12.1. The molecule has 3 N–H and O–H groups in total. The van der Waals surface area contributed by atoms with Crippen LogP contribution in [0.5, 0.6) is 0 Å². The fourth-order valence-electron chi connectivity index (χ4n) is 2.59. The molecule has 0 spiro atoms. The highest BCUT2D eigenvalue weighted by Crippen LogP contribution is 2.20. The van der Waals surface area contributed by atoms with E-state index in [1.807, 2.05) is 0 Å². The Bertz CT molecular complexity index is 401. The zero-order valence-electron chi connectivity index (χ0n) is 16.4. The van der Waals surface area contributed by atoms with E-state index in [0.717, 1.165) is 12.5 Å². The lowest BCUT2D eigenvalue weighted by atomic mass is 9.99. The molecule has 0 aliphatic heterocycles. The Balaban J connectivity index is 0. The van der Waals surface area contributed by atoms with E-state index in [0.29, 0.717) is 0 Å². The molecule has 0 aliphatic carbocycles. The molecule has 0 rings (SSSR count). The first kappa shape index (κ1) is 27.9. The highest BCUT2D eigenvalue weighted by Gasteiger charge is 2.44. The smallest absolute Gasteiger partial charge is 0.330 e. The molecule has 0 saturated carbocycles. The summed E-state index contributed by atoms with van der Waals surface area (Å²) in [7, 11) is -5.84. The normalized spacial score (nSPS) is 13.2. The van der Waals surface area contributed by atoms with Crippen LogP contribution in [0.15, 0.2) is 0 Å². The van der Waals surface area contributed by atoms with Gasteiger partial charge in [-0.2, -0.15) is 21.6 Å². The van der Waals surface area contributed by atoms with Crippen LogP contribution in [0, 0.1) is 5.92 Å². The molecular formula is C18H38F3NO3S. The van der Waals surface area contributed by atoms with E-state index in [4.69, 9.17) is 18.7 Å². The number of alkyl halides is 3. The quantitative estimate of drug-likeness (QED) is 0.209. The van der Waals surface area contributed by atoms with Crippen molar-refractivity contribution in [3.63, 3.8) is 0 Å². The summed E-state index contributed by atoms with van der Waals surface area (Å²) >= 11 is 0. The SMILES string of the molecule is CCCCCCCCCCCCCC(C)CCN.O=S(=O)(O)C(F)(F)F. The Hall–Kier alpha value is -0.340. The zero-order chi connectivity index (χ0) is 20.5. The van der Waals surface area contributed by atoms with Crippen molar-refractivity contribution in [2.75, 3.05) is 6.54 Å². The van der Waals surface area contributed by atoms with E-state index in [2.05, 4.69) is 13.8 Å². The highest BCUT2D eigenvalue weighted by molar-refractivity contribution is 7.86. The standard InChI is InChI=1S/C17H37N.CHF3O3S/c1-3-4-5-6-7-8-9-10-11-12-13-14-17(2)15-16-18;2-1(3,4)8(5,6)7/h17H,3-16,18H2,1-2H3;(H,5,6,7). The molecule has 1 atom stereocenters. The molecule has 0 radical (unpaired) electrons. The summed E-state index contributed by atoms with van der Waals surface area (Å²) in [5, 5.41) is 0. The number of rotatable bonds is 14. The van der Waals surface area contributed by atoms with Gasteiger partial charge in [-0.1, -0.05) is 90.9 Å². The van der Waals surface area contributed by atoms with Gasteiger partial charge in [0.25, 0.3) is 0 Å². The van der Waals surface area contributed by atoms with Crippen LogP contribution in [0.3, 0.4) is 0 Å². The first-order valence-electron chi connectivity index (χ1n) is 9.80. The molecule has 4 nitrogen and oxygen atoms in total. The highest BCUT2D eigenvalue weighted by atomic mass is 32.2. The van der Waals surface area contributed by atoms with E-state index in [1.54, 1.807) is 0 Å². The Morgan fingerprint density at radius 1 is 0.846 bits per heavy atom.